The maximum absolute atomic E-state index is 12.1. The van der Waals surface area contributed by atoms with Crippen LogP contribution in [0.2, 0.25) is 5.02 Å². The van der Waals surface area contributed by atoms with Gasteiger partial charge >= 0.3 is 6.03 Å². The SMILES string of the molecule is Cc1cc(CN(C)C(=O)Nc2ccc([N+](=O)[O-])cc2Cl)no1. The lowest BCUT2D eigenvalue weighted by molar-refractivity contribution is -0.384. The van der Waals surface area contributed by atoms with Crippen molar-refractivity contribution in [2.75, 3.05) is 12.4 Å². The van der Waals surface area contributed by atoms with Crippen LogP contribution in [0.1, 0.15) is 11.5 Å². The van der Waals surface area contributed by atoms with E-state index in [-0.39, 0.29) is 17.3 Å². The summed E-state index contributed by atoms with van der Waals surface area (Å²) in [6.45, 7) is 2.01. The van der Waals surface area contributed by atoms with Crippen LogP contribution in [-0.2, 0) is 6.54 Å². The third-order valence-corrected chi connectivity index (χ3v) is 3.14. The molecule has 0 aliphatic rings. The Balaban J connectivity index is 2.03. The molecular weight excluding hydrogens is 312 g/mol. The first-order valence-electron chi connectivity index (χ1n) is 6.25. The van der Waals surface area contributed by atoms with Gasteiger partial charge in [0, 0.05) is 25.2 Å². The Hall–Kier alpha value is -2.61. The molecule has 1 N–H and O–H groups in total. The summed E-state index contributed by atoms with van der Waals surface area (Å²) in [5.41, 5.74) is 0.764. The third-order valence-electron chi connectivity index (χ3n) is 2.83. The molecule has 0 fully saturated rings. The molecule has 116 valence electrons. The molecule has 0 bridgehead atoms. The van der Waals surface area contributed by atoms with Crippen molar-refractivity contribution in [1.29, 1.82) is 0 Å². The summed E-state index contributed by atoms with van der Waals surface area (Å²) in [6, 6.07) is 5.13. The highest BCUT2D eigenvalue weighted by molar-refractivity contribution is 6.33. The Kier molecular flexibility index (Phi) is 4.62. The Morgan fingerprint density at radius 1 is 1.50 bits per heavy atom. The molecular formula is C13H13ClN4O4. The number of hydrogen-bond acceptors (Lipinski definition) is 5. The average molecular weight is 325 g/mol. The summed E-state index contributed by atoms with van der Waals surface area (Å²) in [5, 5.41) is 17.1. The molecule has 1 heterocycles. The van der Waals surface area contributed by atoms with Crippen molar-refractivity contribution in [3.63, 3.8) is 0 Å². The van der Waals surface area contributed by atoms with Crippen molar-refractivity contribution >= 4 is 29.0 Å². The summed E-state index contributed by atoms with van der Waals surface area (Å²) < 4.78 is 4.92. The number of nitro benzene ring substituents is 1. The minimum absolute atomic E-state index is 0.0910. The van der Waals surface area contributed by atoms with Crippen LogP contribution >= 0.6 is 11.6 Å². The molecule has 1 aromatic carbocycles. The highest BCUT2D eigenvalue weighted by Gasteiger charge is 2.15. The van der Waals surface area contributed by atoms with E-state index in [4.69, 9.17) is 16.1 Å². The van der Waals surface area contributed by atoms with Gasteiger partial charge in [0.25, 0.3) is 5.69 Å². The summed E-state index contributed by atoms with van der Waals surface area (Å²) in [4.78, 5) is 23.5. The molecule has 9 heteroatoms. The molecule has 0 unspecified atom stereocenters. The lowest BCUT2D eigenvalue weighted by Crippen LogP contribution is -2.31. The molecule has 1 aromatic heterocycles. The predicted molar refractivity (Wildman–Crippen MR) is 79.8 cm³/mol. The van der Waals surface area contributed by atoms with Gasteiger partial charge in [-0.1, -0.05) is 16.8 Å². The fourth-order valence-electron chi connectivity index (χ4n) is 1.74. The maximum atomic E-state index is 12.1. The first kappa shape index (κ1) is 15.8. The number of benzene rings is 1. The number of aryl methyl sites for hydroxylation is 1. The van der Waals surface area contributed by atoms with Crippen LogP contribution in [-0.4, -0.2) is 28.1 Å². The van der Waals surface area contributed by atoms with Crippen molar-refractivity contribution in [2.45, 2.75) is 13.5 Å². The largest absolute Gasteiger partial charge is 0.361 e. The minimum atomic E-state index is -0.559. The fraction of sp³-hybridized carbons (Fsp3) is 0.231. The average Bonchev–Trinajstić information content (AvgIpc) is 2.85. The van der Waals surface area contributed by atoms with Crippen molar-refractivity contribution in [3.8, 4) is 0 Å². The van der Waals surface area contributed by atoms with Crippen LogP contribution in [0.25, 0.3) is 0 Å². The standard InChI is InChI=1S/C13H13ClN4O4/c1-8-5-9(16-22-8)7-17(2)13(19)15-12-4-3-10(18(20)21)6-11(12)14/h3-6H,7H2,1-2H3,(H,15,19). The van der Waals surface area contributed by atoms with Gasteiger partial charge in [0.2, 0.25) is 0 Å². The van der Waals surface area contributed by atoms with E-state index in [0.717, 1.165) is 0 Å². The van der Waals surface area contributed by atoms with Crippen molar-refractivity contribution in [3.05, 3.63) is 50.9 Å². The Bertz CT molecular complexity index is 716. The van der Waals surface area contributed by atoms with Crippen molar-refractivity contribution in [2.24, 2.45) is 0 Å². The second-order valence-corrected chi connectivity index (χ2v) is 5.04. The van der Waals surface area contributed by atoms with E-state index in [1.807, 2.05) is 0 Å². The number of nitro groups is 1. The quantitative estimate of drug-likeness (QED) is 0.687. The predicted octanol–water partition coefficient (Wildman–Crippen LogP) is 3.21. The van der Waals surface area contributed by atoms with E-state index >= 15 is 0 Å². The van der Waals surface area contributed by atoms with Gasteiger partial charge in [0.1, 0.15) is 11.5 Å². The molecule has 0 saturated heterocycles. The van der Waals surface area contributed by atoms with Crippen LogP contribution in [0.5, 0.6) is 0 Å². The monoisotopic (exact) mass is 324 g/mol. The molecule has 2 amide bonds. The first-order chi connectivity index (χ1) is 10.4. The van der Waals surface area contributed by atoms with E-state index in [1.54, 1.807) is 20.0 Å². The summed E-state index contributed by atoms with van der Waals surface area (Å²) in [6.07, 6.45) is 0. The van der Waals surface area contributed by atoms with Crippen LogP contribution < -0.4 is 5.32 Å². The molecule has 8 nitrogen and oxygen atoms in total. The minimum Gasteiger partial charge on any atom is -0.361 e. The zero-order chi connectivity index (χ0) is 16.3. The van der Waals surface area contributed by atoms with Gasteiger partial charge < -0.3 is 14.7 Å². The Morgan fingerprint density at radius 2 is 2.23 bits per heavy atom. The van der Waals surface area contributed by atoms with Crippen LogP contribution in [0.15, 0.2) is 28.8 Å². The number of halogens is 1. The van der Waals surface area contributed by atoms with E-state index in [1.165, 1.54) is 23.1 Å². The number of hydrogen-bond donors (Lipinski definition) is 1. The summed E-state index contributed by atoms with van der Waals surface area (Å²) in [5.74, 6) is 0.655. The molecule has 2 rings (SSSR count). The van der Waals surface area contributed by atoms with Gasteiger partial charge in [-0.25, -0.2) is 4.79 Å². The van der Waals surface area contributed by atoms with Crippen LogP contribution in [0.3, 0.4) is 0 Å². The first-order valence-corrected chi connectivity index (χ1v) is 6.63. The molecule has 0 aliphatic carbocycles. The number of non-ortho nitro benzene ring substituents is 1. The lowest BCUT2D eigenvalue weighted by atomic mass is 10.3. The van der Waals surface area contributed by atoms with Crippen molar-refractivity contribution < 1.29 is 14.2 Å². The number of urea groups is 1. The highest BCUT2D eigenvalue weighted by atomic mass is 35.5. The zero-order valence-electron chi connectivity index (χ0n) is 11.9. The maximum Gasteiger partial charge on any atom is 0.321 e. The van der Waals surface area contributed by atoms with Gasteiger partial charge in [-0.15, -0.1) is 0 Å². The molecule has 0 saturated carbocycles. The molecule has 0 atom stereocenters. The second kappa shape index (κ2) is 6.44. The molecule has 2 aromatic rings. The number of anilines is 1. The van der Waals surface area contributed by atoms with Crippen LogP contribution in [0.4, 0.5) is 16.2 Å². The van der Waals surface area contributed by atoms with Gasteiger partial charge in [0.15, 0.2) is 0 Å². The topological polar surface area (TPSA) is 102 Å². The van der Waals surface area contributed by atoms with Gasteiger partial charge in [-0.05, 0) is 13.0 Å². The second-order valence-electron chi connectivity index (χ2n) is 4.64. The number of nitrogens with one attached hydrogen (secondary N) is 1. The van der Waals surface area contributed by atoms with Gasteiger partial charge in [-0.3, -0.25) is 10.1 Å². The fourth-order valence-corrected chi connectivity index (χ4v) is 1.96. The molecule has 22 heavy (non-hydrogen) atoms. The third kappa shape index (κ3) is 3.73. The summed E-state index contributed by atoms with van der Waals surface area (Å²) >= 11 is 5.92. The van der Waals surface area contributed by atoms with E-state index in [9.17, 15) is 14.9 Å². The lowest BCUT2D eigenvalue weighted by Gasteiger charge is -2.17. The van der Waals surface area contributed by atoms with Gasteiger partial charge in [0.05, 0.1) is 22.2 Å². The zero-order valence-corrected chi connectivity index (χ0v) is 12.6. The number of carbonyl (C=O) groups excluding carboxylic acids is 1. The van der Waals surface area contributed by atoms with Crippen LogP contribution in [0, 0.1) is 17.0 Å². The Morgan fingerprint density at radius 3 is 2.77 bits per heavy atom. The number of nitrogens with zero attached hydrogens (tertiary/aromatic N) is 3. The number of rotatable bonds is 4. The highest BCUT2D eigenvalue weighted by Crippen LogP contribution is 2.26. The number of carbonyl (C=O) groups is 1. The number of amides is 2. The van der Waals surface area contributed by atoms with E-state index < -0.39 is 11.0 Å². The van der Waals surface area contributed by atoms with Gasteiger partial charge in [-0.2, -0.15) is 0 Å². The molecule has 0 radical (unpaired) electrons. The molecule has 0 aliphatic heterocycles. The van der Waals surface area contributed by atoms with E-state index in [0.29, 0.717) is 17.1 Å². The molecule has 0 spiro atoms. The van der Waals surface area contributed by atoms with E-state index in [2.05, 4.69) is 10.5 Å². The smallest absolute Gasteiger partial charge is 0.321 e. The summed E-state index contributed by atoms with van der Waals surface area (Å²) in [7, 11) is 1.58. The Labute approximate surface area is 130 Å². The van der Waals surface area contributed by atoms with Crippen molar-refractivity contribution in [1.82, 2.24) is 10.1 Å². The number of aromatic nitrogens is 1. The normalized spacial score (nSPS) is 10.3.